The Bertz CT molecular complexity index is 1700. The van der Waals surface area contributed by atoms with Crippen molar-refractivity contribution >= 4 is 41.4 Å². The van der Waals surface area contributed by atoms with E-state index in [2.05, 4.69) is 36.6 Å². The van der Waals surface area contributed by atoms with Crippen molar-refractivity contribution in [3.05, 3.63) is 48.0 Å². The number of rotatable bonds is 14. The minimum Gasteiger partial charge on any atom is -0.484 e. The van der Waals surface area contributed by atoms with Gasteiger partial charge in [0.15, 0.2) is 12.6 Å². The van der Waals surface area contributed by atoms with E-state index in [1.165, 1.54) is 12.5 Å². The van der Waals surface area contributed by atoms with E-state index in [4.69, 9.17) is 16.2 Å². The number of nitrogens with zero attached hydrogens (tertiary/aromatic N) is 2. The zero-order valence-corrected chi connectivity index (χ0v) is 32.1. The van der Waals surface area contributed by atoms with Crippen LogP contribution in [0.1, 0.15) is 58.2 Å². The molecule has 0 aliphatic carbocycles. The van der Waals surface area contributed by atoms with Crippen molar-refractivity contribution in [3.63, 3.8) is 0 Å². The Morgan fingerprint density at radius 2 is 1.71 bits per heavy atom. The number of fused-ring (bicyclic) bond motifs is 13. The van der Waals surface area contributed by atoms with Gasteiger partial charge in [0.05, 0.1) is 24.5 Å². The second kappa shape index (κ2) is 19.9. The number of primary amides is 2. The van der Waals surface area contributed by atoms with E-state index < -0.39 is 90.3 Å². The number of aliphatic hydroxyl groups is 1. The third kappa shape index (κ3) is 11.7. The van der Waals surface area contributed by atoms with Gasteiger partial charge >= 0.3 is 0 Å². The maximum Gasteiger partial charge on any atom is 0.258 e. The van der Waals surface area contributed by atoms with Gasteiger partial charge in [-0.1, -0.05) is 46.2 Å². The second-order valence-electron chi connectivity index (χ2n) is 14.7. The molecule has 56 heavy (non-hydrogen) atoms. The van der Waals surface area contributed by atoms with E-state index in [0.29, 0.717) is 42.8 Å². The third-order valence-corrected chi connectivity index (χ3v) is 10.2. The number of aromatic amines is 1. The number of amides is 7. The number of nitrogens with one attached hydrogen (secondary N) is 6. The summed E-state index contributed by atoms with van der Waals surface area (Å²) in [7, 11) is 0. The molecule has 1 saturated heterocycles. The van der Waals surface area contributed by atoms with Crippen LogP contribution >= 0.6 is 0 Å². The average molecular weight is 783 g/mol. The van der Waals surface area contributed by atoms with Gasteiger partial charge in [-0.15, -0.1) is 0 Å². The van der Waals surface area contributed by atoms with Crippen LogP contribution in [0, 0.1) is 11.8 Å². The number of ether oxygens (including phenoxy) is 1. The van der Waals surface area contributed by atoms with E-state index in [0.717, 1.165) is 0 Å². The quantitative estimate of drug-likeness (QED) is 0.0714. The van der Waals surface area contributed by atoms with Gasteiger partial charge in [-0.2, -0.15) is 0 Å². The van der Waals surface area contributed by atoms with Gasteiger partial charge in [0.1, 0.15) is 23.9 Å². The van der Waals surface area contributed by atoms with Crippen molar-refractivity contribution in [2.24, 2.45) is 23.3 Å². The number of hydrogen-bond acceptors (Lipinski definition) is 11. The van der Waals surface area contributed by atoms with E-state index in [9.17, 15) is 38.7 Å². The van der Waals surface area contributed by atoms with Gasteiger partial charge in [0.25, 0.3) is 11.8 Å². The monoisotopic (exact) mass is 782 g/mol. The summed E-state index contributed by atoms with van der Waals surface area (Å²) in [6.07, 6.45) is 3.08. The highest BCUT2D eigenvalue weighted by atomic mass is 16.5. The van der Waals surface area contributed by atoms with Gasteiger partial charge < -0.3 is 52.9 Å². The number of aromatic nitrogens is 2. The topological polar surface area (TPSA) is 293 Å². The summed E-state index contributed by atoms with van der Waals surface area (Å²) in [5.41, 5.74) is 12.2. The fourth-order valence-corrected chi connectivity index (χ4v) is 6.71. The number of benzene rings is 1. The largest absolute Gasteiger partial charge is 0.484 e. The third-order valence-electron chi connectivity index (χ3n) is 10.2. The molecule has 0 radical (unpaired) electrons. The molecule has 19 nitrogen and oxygen atoms in total. The van der Waals surface area contributed by atoms with Crippen LogP contribution in [0.4, 0.5) is 0 Å². The Kier molecular flexibility index (Phi) is 15.3. The molecule has 1 fully saturated rings. The highest BCUT2D eigenvalue weighted by Crippen LogP contribution is 2.21. The van der Waals surface area contributed by atoms with Crippen molar-refractivity contribution in [2.45, 2.75) is 102 Å². The molecule has 2 bridgehead atoms. The molecule has 2 aromatic rings. The number of β-amino-alcohol motifs (C(OH)–C–C–N with tert-alkyl or cyclic N) is 1. The second-order valence-corrected chi connectivity index (χ2v) is 14.7. The summed E-state index contributed by atoms with van der Waals surface area (Å²) < 4.78 is 5.62. The summed E-state index contributed by atoms with van der Waals surface area (Å²) in [6, 6.07) is -0.231. The molecule has 3 aliphatic rings. The zero-order valence-electron chi connectivity index (χ0n) is 32.1. The van der Waals surface area contributed by atoms with Crippen molar-refractivity contribution < 1.29 is 43.4 Å². The Morgan fingerprint density at radius 3 is 2.32 bits per heavy atom. The maximum absolute atomic E-state index is 13.8. The minimum absolute atomic E-state index is 0.0490. The van der Waals surface area contributed by atoms with E-state index in [1.54, 1.807) is 43.0 Å². The number of carbonyl (C=O) groups excluding carboxylic acids is 7. The zero-order chi connectivity index (χ0) is 41.1. The Labute approximate surface area is 324 Å². The molecular weight excluding hydrogens is 728 g/mol. The van der Waals surface area contributed by atoms with Crippen molar-refractivity contribution in [3.8, 4) is 5.75 Å². The van der Waals surface area contributed by atoms with Crippen LogP contribution in [0.3, 0.4) is 0 Å². The smallest absolute Gasteiger partial charge is 0.258 e. The molecular formula is C37H54N10O9. The number of hydrogen-bond donors (Lipinski definition) is 9. The summed E-state index contributed by atoms with van der Waals surface area (Å²) in [5, 5.41) is 24.8. The molecule has 1 aromatic carbocycles. The number of nitrogens with two attached hydrogens (primary N) is 2. The Hall–Kier alpha value is -5.56. The van der Waals surface area contributed by atoms with Crippen LogP contribution in [-0.4, -0.2) is 123 Å². The SMILES string of the molecule is CCC(C)[C@H](NC(=O)[C@@H]1CCCN1C[C@@H](O)[C@@H]1Cc2ccc(cc2)OCC(=O)N[C@@H](Cc2cnc[nH]2)C(=O)N[C@@H](C(N)=O)C(=O)N1)C(=O)N[C@H](C(N)=O)C(C)C. The molecule has 8 atom stereocenters. The van der Waals surface area contributed by atoms with Crippen LogP contribution < -0.4 is 42.8 Å². The highest BCUT2D eigenvalue weighted by molar-refractivity contribution is 6.07. The number of carbonyl (C=O) groups is 7. The molecule has 11 N–H and O–H groups in total. The highest BCUT2D eigenvalue weighted by Gasteiger charge is 2.39. The molecule has 0 spiro atoms. The van der Waals surface area contributed by atoms with E-state index in [-0.39, 0.29) is 31.2 Å². The summed E-state index contributed by atoms with van der Waals surface area (Å²) in [4.78, 5) is 100. The fourth-order valence-electron chi connectivity index (χ4n) is 6.71. The molecule has 3 aliphatic heterocycles. The summed E-state index contributed by atoms with van der Waals surface area (Å²) in [6.45, 7) is 7.07. The van der Waals surface area contributed by atoms with Gasteiger partial charge in [0.2, 0.25) is 29.5 Å². The number of imidazole rings is 1. The number of H-pyrrole nitrogens is 1. The molecule has 19 heteroatoms. The van der Waals surface area contributed by atoms with E-state index in [1.807, 2.05) is 13.8 Å². The van der Waals surface area contributed by atoms with Crippen molar-refractivity contribution in [1.29, 1.82) is 0 Å². The predicted octanol–water partition coefficient (Wildman–Crippen LogP) is -2.49. The predicted molar refractivity (Wildman–Crippen MR) is 201 cm³/mol. The van der Waals surface area contributed by atoms with Gasteiger partial charge in [-0.3, -0.25) is 38.5 Å². The van der Waals surface area contributed by atoms with Crippen LogP contribution in [0.5, 0.6) is 5.75 Å². The van der Waals surface area contributed by atoms with Crippen LogP contribution in [0.25, 0.3) is 0 Å². The first-order chi connectivity index (χ1) is 26.6. The van der Waals surface area contributed by atoms with Crippen molar-refractivity contribution in [1.82, 2.24) is 41.5 Å². The lowest BCUT2D eigenvalue weighted by Crippen LogP contribution is -2.62. The first-order valence-corrected chi connectivity index (χ1v) is 18.8. The van der Waals surface area contributed by atoms with Crippen molar-refractivity contribution in [2.75, 3.05) is 19.7 Å². The number of likely N-dealkylation sites (tertiary alicyclic amines) is 1. The molecule has 5 rings (SSSR count). The van der Waals surface area contributed by atoms with Crippen LogP contribution in [0.15, 0.2) is 36.8 Å². The standard InChI is InChI=1S/C37H54N10O9/c1-5-20(4)30(36(54)44-29(19(2)3)32(38)50)45-35(53)26-7-6-12-47(26)16-27(48)24-13-21-8-10-23(11-9-21)56-17-28(49)42-25(14-22-15-40-18-41-22)34(52)46-31(33(39)51)37(55)43-24/h8-11,15,18-20,24-27,29-31,48H,5-7,12-14,16-17H2,1-4H3,(H2,38,50)(H2,39,51)(H,40,41)(H,42,49)(H,43,55)(H,44,54)(H,45,53)(H,46,52)/t20?,24-,25-,26-,27+,29-,30-,31-/m0/s1. The Morgan fingerprint density at radius 1 is 1.00 bits per heavy atom. The van der Waals surface area contributed by atoms with Crippen LogP contribution in [0.2, 0.25) is 0 Å². The minimum atomic E-state index is -1.89. The average Bonchev–Trinajstić information content (AvgIpc) is 3.85. The molecule has 7 amide bonds. The molecule has 1 aromatic heterocycles. The normalized spacial score (nSPS) is 23.1. The van der Waals surface area contributed by atoms with Gasteiger partial charge in [0, 0.05) is 24.9 Å². The maximum atomic E-state index is 13.8. The van der Waals surface area contributed by atoms with Gasteiger partial charge in [-0.25, -0.2) is 4.98 Å². The lowest BCUT2D eigenvalue weighted by Gasteiger charge is -2.33. The molecule has 1 unspecified atom stereocenters. The van der Waals surface area contributed by atoms with E-state index >= 15 is 0 Å². The lowest BCUT2D eigenvalue weighted by atomic mass is 9.96. The van der Waals surface area contributed by atoms with Crippen LogP contribution in [-0.2, 0) is 46.4 Å². The lowest BCUT2D eigenvalue weighted by molar-refractivity contribution is -0.137. The molecule has 4 heterocycles. The first kappa shape index (κ1) is 43.2. The first-order valence-electron chi connectivity index (χ1n) is 18.8. The number of aliphatic hydroxyl groups excluding tert-OH is 1. The molecule has 306 valence electrons. The fraction of sp³-hybridized carbons (Fsp3) is 0.568. The summed E-state index contributed by atoms with van der Waals surface area (Å²) >= 11 is 0. The van der Waals surface area contributed by atoms with Gasteiger partial charge in [-0.05, 0) is 55.3 Å². The Balaban J connectivity index is 1.55. The summed E-state index contributed by atoms with van der Waals surface area (Å²) in [5.74, 6) is -5.59. The molecule has 0 saturated carbocycles.